The van der Waals surface area contributed by atoms with Gasteiger partial charge < -0.3 is 10.8 Å². The third kappa shape index (κ3) is 3.41. The second-order valence-electron chi connectivity index (χ2n) is 2.84. The average Bonchev–Trinajstić information content (AvgIpc) is 2.16. The van der Waals surface area contributed by atoms with Gasteiger partial charge in [-0.15, -0.1) is 0 Å². The van der Waals surface area contributed by atoms with Crippen LogP contribution in [0, 0.1) is 0 Å². The number of carbonyl (C=O) groups is 2. The summed E-state index contributed by atoms with van der Waals surface area (Å²) >= 11 is 5.70. The maximum atomic E-state index is 11.0. The largest absolute Gasteiger partial charge is 0.479 e. The molecular formula is C9H9ClN2O4. The fraction of sp³-hybridized carbons (Fsp3) is 0.111. The number of amides is 1. The maximum absolute atomic E-state index is 11.0. The average molecular weight is 245 g/mol. The lowest BCUT2D eigenvalue weighted by Crippen LogP contribution is -2.16. The Kier molecular flexibility index (Phi) is 4.10. The maximum Gasteiger partial charge on any atom is 0.332 e. The van der Waals surface area contributed by atoms with Crippen molar-refractivity contribution in [1.29, 1.82) is 0 Å². The molecule has 4 N–H and O–H groups in total. The van der Waals surface area contributed by atoms with Crippen LogP contribution in [0.15, 0.2) is 18.2 Å². The Labute approximate surface area is 95.9 Å². The number of nitrogens with two attached hydrogens (primary N) is 1. The zero-order valence-electron chi connectivity index (χ0n) is 8.07. The summed E-state index contributed by atoms with van der Waals surface area (Å²) in [4.78, 5) is 25.8. The molecule has 0 fully saturated rings. The minimum absolute atomic E-state index is 0.162. The Bertz CT molecular complexity index is 422. The second-order valence-corrected chi connectivity index (χ2v) is 3.28. The summed E-state index contributed by atoms with van der Waals surface area (Å²) in [7, 11) is 0. The van der Waals surface area contributed by atoms with Crippen LogP contribution in [0.4, 0.5) is 5.69 Å². The fourth-order valence-corrected chi connectivity index (χ4v) is 1.16. The number of carboxylic acid groups (broad SMARTS) is 1. The smallest absolute Gasteiger partial charge is 0.332 e. The van der Waals surface area contributed by atoms with E-state index in [1.165, 1.54) is 18.2 Å². The van der Waals surface area contributed by atoms with Crippen LogP contribution in [-0.2, 0) is 9.63 Å². The van der Waals surface area contributed by atoms with Crippen molar-refractivity contribution >= 4 is 29.2 Å². The normalized spacial score (nSPS) is 9.81. The lowest BCUT2D eigenvalue weighted by atomic mass is 10.2. The van der Waals surface area contributed by atoms with Gasteiger partial charge in [0.15, 0.2) is 6.61 Å². The Hall–Kier alpha value is -1.79. The molecule has 7 heteroatoms. The van der Waals surface area contributed by atoms with E-state index >= 15 is 0 Å². The molecule has 1 amide bonds. The number of rotatable bonds is 5. The first-order valence-corrected chi connectivity index (χ1v) is 4.57. The molecule has 0 spiro atoms. The van der Waals surface area contributed by atoms with E-state index in [1.54, 1.807) is 0 Å². The Balaban J connectivity index is 2.80. The summed E-state index contributed by atoms with van der Waals surface area (Å²) in [6, 6.07) is 4.31. The van der Waals surface area contributed by atoms with Crippen LogP contribution < -0.4 is 11.2 Å². The number of primary amides is 1. The highest BCUT2D eigenvalue weighted by Crippen LogP contribution is 2.20. The lowest BCUT2D eigenvalue weighted by Gasteiger charge is -2.09. The first-order valence-electron chi connectivity index (χ1n) is 4.19. The summed E-state index contributed by atoms with van der Waals surface area (Å²) in [6.45, 7) is -0.551. The summed E-state index contributed by atoms with van der Waals surface area (Å²) in [5, 5.41) is 8.71. The van der Waals surface area contributed by atoms with Gasteiger partial charge >= 0.3 is 5.97 Å². The van der Waals surface area contributed by atoms with Crippen LogP contribution >= 0.6 is 11.6 Å². The molecule has 0 heterocycles. The summed E-state index contributed by atoms with van der Waals surface area (Å²) < 4.78 is 0. The van der Waals surface area contributed by atoms with Crippen molar-refractivity contribution in [3.8, 4) is 0 Å². The number of hydrogen-bond donors (Lipinski definition) is 3. The van der Waals surface area contributed by atoms with Crippen molar-refractivity contribution in [3.05, 3.63) is 28.8 Å². The zero-order chi connectivity index (χ0) is 12.1. The van der Waals surface area contributed by atoms with E-state index in [0.717, 1.165) is 0 Å². The number of halogens is 1. The first kappa shape index (κ1) is 12.3. The molecule has 0 saturated heterocycles. The predicted octanol–water partition coefficient (Wildman–Crippen LogP) is 0.867. The van der Waals surface area contributed by atoms with Gasteiger partial charge in [0.2, 0.25) is 0 Å². The molecule has 0 bridgehead atoms. The molecule has 1 aromatic carbocycles. The summed E-state index contributed by atoms with van der Waals surface area (Å²) in [5.74, 6) is -1.81. The number of benzene rings is 1. The minimum atomic E-state index is -1.14. The van der Waals surface area contributed by atoms with Gasteiger partial charge in [0, 0.05) is 5.02 Å². The van der Waals surface area contributed by atoms with E-state index in [9.17, 15) is 9.59 Å². The van der Waals surface area contributed by atoms with Gasteiger partial charge in [0.1, 0.15) is 0 Å². The summed E-state index contributed by atoms with van der Waals surface area (Å²) in [6.07, 6.45) is 0. The third-order valence-corrected chi connectivity index (χ3v) is 1.86. The highest BCUT2D eigenvalue weighted by molar-refractivity contribution is 6.31. The van der Waals surface area contributed by atoms with E-state index in [1.807, 2.05) is 0 Å². The number of nitrogens with one attached hydrogen (secondary N) is 1. The molecule has 0 aliphatic heterocycles. The number of aliphatic carboxylic acids is 1. The van der Waals surface area contributed by atoms with Crippen LogP contribution in [0.2, 0.25) is 5.02 Å². The molecule has 0 atom stereocenters. The Morgan fingerprint density at radius 1 is 1.50 bits per heavy atom. The Morgan fingerprint density at radius 3 is 2.75 bits per heavy atom. The standard InChI is InChI=1S/C9H9ClN2O4/c10-5-1-2-6(9(11)15)7(3-5)12-16-4-8(13)14/h1-3,12H,4H2,(H2,11,15)(H,13,14). The van der Waals surface area contributed by atoms with Gasteiger partial charge in [-0.3, -0.25) is 15.1 Å². The minimum Gasteiger partial charge on any atom is -0.479 e. The van der Waals surface area contributed by atoms with Gasteiger partial charge in [0.25, 0.3) is 5.91 Å². The number of carboxylic acids is 1. The van der Waals surface area contributed by atoms with Crippen LogP contribution in [0.1, 0.15) is 10.4 Å². The molecule has 1 aromatic rings. The fourth-order valence-electron chi connectivity index (χ4n) is 0.991. The van der Waals surface area contributed by atoms with E-state index in [2.05, 4.69) is 10.3 Å². The van der Waals surface area contributed by atoms with Crippen LogP contribution in [0.25, 0.3) is 0 Å². The molecule has 0 aliphatic rings. The zero-order valence-corrected chi connectivity index (χ0v) is 8.82. The van der Waals surface area contributed by atoms with Crippen LogP contribution in [-0.4, -0.2) is 23.6 Å². The molecule has 0 aromatic heterocycles. The van der Waals surface area contributed by atoms with Gasteiger partial charge in [-0.05, 0) is 18.2 Å². The third-order valence-electron chi connectivity index (χ3n) is 1.62. The van der Waals surface area contributed by atoms with Gasteiger partial charge in [0.05, 0.1) is 11.3 Å². The van der Waals surface area contributed by atoms with E-state index in [-0.39, 0.29) is 11.3 Å². The van der Waals surface area contributed by atoms with Crippen molar-refractivity contribution in [2.24, 2.45) is 5.73 Å². The highest BCUT2D eigenvalue weighted by Gasteiger charge is 2.09. The Morgan fingerprint density at radius 2 is 2.19 bits per heavy atom. The molecule has 16 heavy (non-hydrogen) atoms. The van der Waals surface area contributed by atoms with Crippen LogP contribution in [0.3, 0.4) is 0 Å². The number of hydrogen-bond acceptors (Lipinski definition) is 4. The first-order chi connectivity index (χ1) is 7.50. The number of anilines is 1. The lowest BCUT2D eigenvalue weighted by molar-refractivity contribution is -0.141. The molecule has 1 rings (SSSR count). The topological polar surface area (TPSA) is 102 Å². The molecule has 86 valence electrons. The monoisotopic (exact) mass is 244 g/mol. The molecule has 0 aliphatic carbocycles. The molecule has 6 nitrogen and oxygen atoms in total. The van der Waals surface area contributed by atoms with Crippen molar-refractivity contribution in [2.75, 3.05) is 12.1 Å². The molecule has 0 saturated carbocycles. The summed E-state index contributed by atoms with van der Waals surface area (Å²) in [5.41, 5.74) is 7.79. The van der Waals surface area contributed by atoms with Gasteiger partial charge in [-0.2, -0.15) is 0 Å². The van der Waals surface area contributed by atoms with Crippen molar-refractivity contribution in [2.45, 2.75) is 0 Å². The molecular weight excluding hydrogens is 236 g/mol. The predicted molar refractivity (Wildman–Crippen MR) is 57.2 cm³/mol. The molecule has 0 radical (unpaired) electrons. The highest BCUT2D eigenvalue weighted by atomic mass is 35.5. The van der Waals surface area contributed by atoms with Gasteiger partial charge in [-0.1, -0.05) is 11.6 Å². The van der Waals surface area contributed by atoms with E-state index in [4.69, 9.17) is 22.4 Å². The van der Waals surface area contributed by atoms with Gasteiger partial charge in [-0.25, -0.2) is 4.79 Å². The van der Waals surface area contributed by atoms with Crippen LogP contribution in [0.5, 0.6) is 0 Å². The second kappa shape index (κ2) is 5.34. The van der Waals surface area contributed by atoms with Crippen molar-refractivity contribution in [3.63, 3.8) is 0 Å². The quantitative estimate of drug-likeness (QED) is 0.667. The van der Waals surface area contributed by atoms with Crippen molar-refractivity contribution < 1.29 is 19.5 Å². The van der Waals surface area contributed by atoms with E-state index in [0.29, 0.717) is 5.02 Å². The van der Waals surface area contributed by atoms with E-state index < -0.39 is 18.5 Å². The van der Waals surface area contributed by atoms with Crippen molar-refractivity contribution in [1.82, 2.24) is 0 Å². The SMILES string of the molecule is NC(=O)c1ccc(Cl)cc1NOCC(=O)O. The number of carbonyl (C=O) groups excluding carboxylic acids is 1. The molecule has 0 unspecified atom stereocenters.